The molecule has 1 aromatic carbocycles. The van der Waals surface area contributed by atoms with Gasteiger partial charge in [-0.2, -0.15) is 11.8 Å². The monoisotopic (exact) mass is 364 g/mol. The van der Waals surface area contributed by atoms with Crippen LogP contribution in [0.25, 0.3) is 0 Å². The van der Waals surface area contributed by atoms with Crippen molar-refractivity contribution in [2.75, 3.05) is 23.5 Å². The topological polar surface area (TPSA) is 51.2 Å². The molecule has 1 rings (SSSR count). The first-order valence-corrected chi connectivity index (χ1v) is 9.93. The average molecular weight is 365 g/mol. The van der Waals surface area contributed by atoms with Gasteiger partial charge in [-0.05, 0) is 24.3 Å². The summed E-state index contributed by atoms with van der Waals surface area (Å²) in [6, 6.07) is 7.33. The Hall–Kier alpha value is -0.330. The molecule has 0 aliphatic rings. The highest BCUT2D eigenvalue weighted by molar-refractivity contribution is 9.10. The maximum absolute atomic E-state index is 11.8. The molecule has 0 aliphatic heterocycles. The molecular weight excluding hydrogens is 348 g/mol. The fraction of sp³-hybridized carbons (Fsp3) is 0.462. The second kappa shape index (κ2) is 8.07. The van der Waals surface area contributed by atoms with E-state index in [2.05, 4.69) is 15.9 Å². The molecule has 0 saturated heterocycles. The van der Waals surface area contributed by atoms with E-state index in [-0.39, 0.29) is 11.5 Å². The molecule has 1 aromatic rings. The lowest BCUT2D eigenvalue weighted by Crippen LogP contribution is -2.06. The van der Waals surface area contributed by atoms with Gasteiger partial charge in [0.05, 0.1) is 5.75 Å². The van der Waals surface area contributed by atoms with Crippen molar-refractivity contribution in [1.82, 2.24) is 0 Å². The predicted molar refractivity (Wildman–Crippen MR) is 84.7 cm³/mol. The van der Waals surface area contributed by atoms with Crippen molar-refractivity contribution in [3.8, 4) is 0 Å². The summed E-state index contributed by atoms with van der Waals surface area (Å²) in [7, 11) is -2.87. The molecule has 3 nitrogen and oxygen atoms in total. The minimum Gasteiger partial charge on any atom is -0.294 e. The van der Waals surface area contributed by atoms with Gasteiger partial charge >= 0.3 is 0 Å². The Kier molecular flexibility index (Phi) is 7.10. The minimum atomic E-state index is -2.87. The molecule has 6 heteroatoms. The lowest BCUT2D eigenvalue weighted by molar-refractivity contribution is 0.0982. The molecular formula is C13H17BrO3S2. The molecule has 0 saturated carbocycles. The van der Waals surface area contributed by atoms with Crippen molar-refractivity contribution in [2.45, 2.75) is 12.8 Å². The number of thioether (sulfide) groups is 1. The Morgan fingerprint density at radius 2 is 1.84 bits per heavy atom. The number of hydrogen-bond donors (Lipinski definition) is 0. The van der Waals surface area contributed by atoms with Gasteiger partial charge in [-0.25, -0.2) is 8.42 Å². The van der Waals surface area contributed by atoms with Gasteiger partial charge in [0.2, 0.25) is 0 Å². The van der Waals surface area contributed by atoms with Gasteiger partial charge in [0.15, 0.2) is 5.78 Å². The van der Waals surface area contributed by atoms with E-state index >= 15 is 0 Å². The number of benzene rings is 1. The Bertz CT molecular complexity index is 509. The SMILES string of the molecule is CS(=O)(=O)CCSCCCC(=O)c1ccc(Br)cc1. The standard InChI is InChI=1S/C13H17BrO3S2/c1-19(16,17)10-9-18-8-2-3-13(15)11-4-6-12(14)7-5-11/h4-7H,2-3,8-10H2,1H3. The van der Waals surface area contributed by atoms with Gasteiger partial charge in [0.25, 0.3) is 0 Å². The van der Waals surface area contributed by atoms with E-state index in [1.807, 2.05) is 24.3 Å². The van der Waals surface area contributed by atoms with E-state index in [4.69, 9.17) is 0 Å². The number of hydrogen-bond acceptors (Lipinski definition) is 4. The van der Waals surface area contributed by atoms with Gasteiger partial charge in [-0.1, -0.05) is 28.1 Å². The van der Waals surface area contributed by atoms with Crippen molar-refractivity contribution >= 4 is 43.3 Å². The third-order valence-electron chi connectivity index (χ3n) is 2.46. The zero-order chi connectivity index (χ0) is 14.3. The summed E-state index contributed by atoms with van der Waals surface area (Å²) < 4.78 is 22.8. The summed E-state index contributed by atoms with van der Waals surface area (Å²) in [6.45, 7) is 0. The van der Waals surface area contributed by atoms with E-state index in [0.717, 1.165) is 22.2 Å². The van der Waals surface area contributed by atoms with Crippen LogP contribution < -0.4 is 0 Å². The molecule has 19 heavy (non-hydrogen) atoms. The number of halogens is 1. The second-order valence-corrected chi connectivity index (χ2v) is 8.68. The van der Waals surface area contributed by atoms with Crippen LogP contribution in [0.2, 0.25) is 0 Å². The van der Waals surface area contributed by atoms with Crippen molar-refractivity contribution in [1.29, 1.82) is 0 Å². The van der Waals surface area contributed by atoms with Crippen molar-refractivity contribution < 1.29 is 13.2 Å². The minimum absolute atomic E-state index is 0.135. The first-order chi connectivity index (χ1) is 8.88. The number of carbonyl (C=O) groups excluding carboxylic acids is 1. The summed E-state index contributed by atoms with van der Waals surface area (Å²) in [6.07, 6.45) is 2.53. The summed E-state index contributed by atoms with van der Waals surface area (Å²) in [5, 5.41) is 0. The highest BCUT2D eigenvalue weighted by atomic mass is 79.9. The molecule has 0 spiro atoms. The summed E-state index contributed by atoms with van der Waals surface area (Å²) in [4.78, 5) is 11.8. The summed E-state index contributed by atoms with van der Waals surface area (Å²) in [5.41, 5.74) is 0.726. The van der Waals surface area contributed by atoms with Crippen LogP contribution in [-0.4, -0.2) is 37.7 Å². The van der Waals surface area contributed by atoms with Gasteiger partial charge < -0.3 is 0 Å². The lowest BCUT2D eigenvalue weighted by Gasteiger charge is -2.02. The number of sulfone groups is 1. The highest BCUT2D eigenvalue weighted by Gasteiger charge is 2.06. The van der Waals surface area contributed by atoms with Crippen molar-refractivity contribution in [3.05, 3.63) is 34.3 Å². The molecule has 0 heterocycles. The largest absolute Gasteiger partial charge is 0.294 e. The Morgan fingerprint density at radius 1 is 1.21 bits per heavy atom. The van der Waals surface area contributed by atoms with Gasteiger partial charge in [0.1, 0.15) is 9.84 Å². The van der Waals surface area contributed by atoms with Crippen LogP contribution in [0.3, 0.4) is 0 Å². The molecule has 0 atom stereocenters. The summed E-state index contributed by atoms with van der Waals surface area (Å²) >= 11 is 4.91. The first kappa shape index (κ1) is 16.7. The smallest absolute Gasteiger partial charge is 0.162 e. The van der Waals surface area contributed by atoms with E-state index in [1.165, 1.54) is 6.26 Å². The highest BCUT2D eigenvalue weighted by Crippen LogP contribution is 2.13. The van der Waals surface area contributed by atoms with E-state index in [0.29, 0.717) is 12.2 Å². The van der Waals surface area contributed by atoms with Gasteiger partial charge in [-0.15, -0.1) is 0 Å². The van der Waals surface area contributed by atoms with Crippen LogP contribution in [0.5, 0.6) is 0 Å². The molecule has 106 valence electrons. The normalized spacial score (nSPS) is 11.5. The fourth-order valence-electron chi connectivity index (χ4n) is 1.43. The number of ketones is 1. The molecule has 0 bridgehead atoms. The van der Waals surface area contributed by atoms with E-state index in [9.17, 15) is 13.2 Å². The molecule has 0 N–H and O–H groups in total. The molecule has 0 fully saturated rings. The average Bonchev–Trinajstić information content (AvgIpc) is 2.33. The Morgan fingerprint density at radius 3 is 2.42 bits per heavy atom. The number of rotatable bonds is 8. The van der Waals surface area contributed by atoms with Gasteiger partial charge in [0, 0.05) is 28.5 Å². The van der Waals surface area contributed by atoms with E-state index < -0.39 is 9.84 Å². The van der Waals surface area contributed by atoms with Gasteiger partial charge in [-0.3, -0.25) is 4.79 Å². The zero-order valence-corrected chi connectivity index (χ0v) is 14.0. The van der Waals surface area contributed by atoms with Crippen LogP contribution in [-0.2, 0) is 9.84 Å². The number of carbonyl (C=O) groups is 1. The fourth-order valence-corrected chi connectivity index (χ4v) is 3.93. The Labute approximate surface area is 127 Å². The van der Waals surface area contributed by atoms with E-state index in [1.54, 1.807) is 11.8 Å². The van der Waals surface area contributed by atoms with Crippen molar-refractivity contribution in [3.63, 3.8) is 0 Å². The lowest BCUT2D eigenvalue weighted by atomic mass is 10.1. The predicted octanol–water partition coefficient (Wildman–Crippen LogP) is 3.19. The maximum atomic E-state index is 11.8. The third-order valence-corrected chi connectivity index (χ3v) is 5.26. The molecule has 0 unspecified atom stereocenters. The quantitative estimate of drug-likeness (QED) is 0.525. The molecule has 0 radical (unpaired) electrons. The van der Waals surface area contributed by atoms with Crippen LogP contribution >= 0.6 is 27.7 Å². The Balaban J connectivity index is 2.19. The number of Topliss-reactive ketones (excluding diaryl/α,β-unsaturated/α-hetero) is 1. The third kappa shape index (κ3) is 7.74. The first-order valence-electron chi connectivity index (χ1n) is 5.93. The zero-order valence-electron chi connectivity index (χ0n) is 10.8. The molecule has 0 amide bonds. The second-order valence-electron chi connectivity index (χ2n) is 4.28. The van der Waals surface area contributed by atoms with Crippen LogP contribution in [0.15, 0.2) is 28.7 Å². The maximum Gasteiger partial charge on any atom is 0.162 e. The molecule has 0 aliphatic carbocycles. The van der Waals surface area contributed by atoms with Crippen LogP contribution in [0, 0.1) is 0 Å². The molecule has 0 aromatic heterocycles. The van der Waals surface area contributed by atoms with Crippen molar-refractivity contribution in [2.24, 2.45) is 0 Å². The van der Waals surface area contributed by atoms with Crippen LogP contribution in [0.1, 0.15) is 23.2 Å². The summed E-state index contributed by atoms with van der Waals surface area (Å²) in [5.74, 6) is 1.76. The van der Waals surface area contributed by atoms with Crippen LogP contribution in [0.4, 0.5) is 0 Å².